The Bertz CT molecular complexity index is 1270. The molecule has 34 heavy (non-hydrogen) atoms. The minimum Gasteiger partial charge on any atom is -0.496 e. The summed E-state index contributed by atoms with van der Waals surface area (Å²) in [6.07, 6.45) is 8.89. The zero-order valence-corrected chi connectivity index (χ0v) is 19.6. The molecule has 1 atom stereocenters. The van der Waals surface area contributed by atoms with Gasteiger partial charge in [-0.05, 0) is 36.8 Å². The summed E-state index contributed by atoms with van der Waals surface area (Å²) in [4.78, 5) is 19.0. The number of carbonyl (C=O) groups is 1. The molecule has 0 aliphatic rings. The van der Waals surface area contributed by atoms with E-state index in [1.165, 1.54) is 0 Å². The van der Waals surface area contributed by atoms with Crippen LogP contribution in [0.5, 0.6) is 5.75 Å². The van der Waals surface area contributed by atoms with Crippen LogP contribution in [0.25, 0.3) is 17.3 Å². The smallest absolute Gasteiger partial charge is 0.246 e. The van der Waals surface area contributed by atoms with Gasteiger partial charge in [-0.15, -0.1) is 0 Å². The van der Waals surface area contributed by atoms with Crippen LogP contribution in [-0.2, 0) is 11.3 Å². The van der Waals surface area contributed by atoms with Crippen molar-refractivity contribution in [1.82, 2.24) is 19.7 Å². The van der Waals surface area contributed by atoms with Crippen LogP contribution in [0.15, 0.2) is 91.4 Å². The second-order valence-corrected chi connectivity index (χ2v) is 8.06. The van der Waals surface area contributed by atoms with Gasteiger partial charge in [-0.25, -0.2) is 0 Å². The Labute approximate surface area is 200 Å². The predicted octanol–water partition coefficient (Wildman–Crippen LogP) is 5.23. The lowest BCUT2D eigenvalue weighted by Crippen LogP contribution is -2.28. The van der Waals surface area contributed by atoms with Gasteiger partial charge in [0.25, 0.3) is 0 Å². The number of hydrogen-bond acceptors (Lipinski definition) is 4. The number of amides is 1. The van der Waals surface area contributed by atoms with E-state index in [0.717, 1.165) is 33.7 Å². The van der Waals surface area contributed by atoms with E-state index in [1.807, 2.05) is 78.5 Å². The van der Waals surface area contributed by atoms with Crippen molar-refractivity contribution < 1.29 is 9.53 Å². The number of hydrogen-bond donors (Lipinski definition) is 0. The highest BCUT2D eigenvalue weighted by Gasteiger charge is 2.19. The molecular formula is C28H28N4O2. The van der Waals surface area contributed by atoms with E-state index < -0.39 is 0 Å². The maximum Gasteiger partial charge on any atom is 0.246 e. The third-order valence-corrected chi connectivity index (χ3v) is 5.84. The molecule has 1 unspecified atom stereocenters. The molecule has 2 aromatic heterocycles. The average molecular weight is 453 g/mol. The average Bonchev–Trinajstić information content (AvgIpc) is 3.29. The normalized spacial score (nSPS) is 12.0. The van der Waals surface area contributed by atoms with Crippen LogP contribution in [0.3, 0.4) is 0 Å². The Morgan fingerprint density at radius 1 is 1.09 bits per heavy atom. The van der Waals surface area contributed by atoms with Gasteiger partial charge in [-0.3, -0.25) is 14.5 Å². The highest BCUT2D eigenvalue weighted by atomic mass is 16.5. The Balaban J connectivity index is 1.59. The largest absolute Gasteiger partial charge is 0.496 e. The summed E-state index contributed by atoms with van der Waals surface area (Å²) in [5, 5.41) is 4.79. The molecule has 4 rings (SSSR count). The van der Waals surface area contributed by atoms with Gasteiger partial charge in [0.05, 0.1) is 19.7 Å². The predicted molar refractivity (Wildman–Crippen MR) is 134 cm³/mol. The number of aromatic nitrogens is 3. The Hall–Kier alpha value is -4.19. The summed E-state index contributed by atoms with van der Waals surface area (Å²) in [5.41, 5.74) is 4.65. The molecule has 6 nitrogen and oxygen atoms in total. The van der Waals surface area contributed by atoms with E-state index in [1.54, 1.807) is 37.5 Å². The number of nitrogens with zero attached hydrogens (tertiary/aromatic N) is 4. The third kappa shape index (κ3) is 5.23. The van der Waals surface area contributed by atoms with E-state index >= 15 is 0 Å². The van der Waals surface area contributed by atoms with Crippen LogP contribution in [0.2, 0.25) is 0 Å². The zero-order valence-electron chi connectivity index (χ0n) is 19.6. The molecule has 0 aliphatic heterocycles. The summed E-state index contributed by atoms with van der Waals surface area (Å²) >= 11 is 0. The molecule has 0 radical (unpaired) electrons. The van der Waals surface area contributed by atoms with E-state index in [0.29, 0.717) is 6.54 Å². The van der Waals surface area contributed by atoms with Gasteiger partial charge in [0.15, 0.2) is 0 Å². The maximum atomic E-state index is 13.0. The lowest BCUT2D eigenvalue weighted by molar-refractivity contribution is -0.126. The van der Waals surface area contributed by atoms with Crippen LogP contribution < -0.4 is 4.74 Å². The van der Waals surface area contributed by atoms with Crippen molar-refractivity contribution in [3.8, 4) is 17.0 Å². The maximum absolute atomic E-state index is 13.0. The topological polar surface area (TPSA) is 60.2 Å². The van der Waals surface area contributed by atoms with Gasteiger partial charge in [0.2, 0.25) is 5.91 Å². The van der Waals surface area contributed by atoms with Gasteiger partial charge in [0.1, 0.15) is 11.4 Å². The van der Waals surface area contributed by atoms with Crippen molar-refractivity contribution in [3.05, 3.63) is 108 Å². The van der Waals surface area contributed by atoms with Gasteiger partial charge < -0.3 is 9.64 Å². The second-order valence-electron chi connectivity index (χ2n) is 8.06. The third-order valence-electron chi connectivity index (χ3n) is 5.84. The molecule has 0 saturated carbocycles. The lowest BCUT2D eigenvalue weighted by atomic mass is 10.1. The van der Waals surface area contributed by atoms with Crippen LogP contribution in [0.4, 0.5) is 0 Å². The molecule has 0 N–H and O–H groups in total. The number of carbonyl (C=O) groups excluding carboxylic acids is 1. The van der Waals surface area contributed by atoms with E-state index in [4.69, 9.17) is 9.84 Å². The number of methoxy groups -OCH3 is 1. The number of ether oxygens (including phenoxy) is 1. The van der Waals surface area contributed by atoms with Crippen molar-refractivity contribution >= 4 is 12.0 Å². The van der Waals surface area contributed by atoms with Crippen LogP contribution in [0, 0.1) is 0 Å². The number of likely N-dealkylation sites (N-methyl/N-ethyl adjacent to an activating group) is 1. The SMILES string of the molecule is COc1ccccc1C(C)N(C)C(=O)/C=C/c1cn(Cc2ccccc2)nc1-c1cccnc1. The van der Waals surface area contributed by atoms with Crippen molar-refractivity contribution in [2.75, 3.05) is 14.2 Å². The molecule has 2 heterocycles. The molecule has 0 fully saturated rings. The summed E-state index contributed by atoms with van der Waals surface area (Å²) < 4.78 is 7.36. The molecule has 6 heteroatoms. The number of benzene rings is 2. The first-order valence-corrected chi connectivity index (χ1v) is 11.2. The van der Waals surface area contributed by atoms with E-state index in [2.05, 4.69) is 17.1 Å². The second kappa shape index (κ2) is 10.6. The standard InChI is InChI=1S/C28H28N4O2/c1-21(25-13-7-8-14-26(25)34-3)31(2)27(33)16-15-24-20-32(19-22-10-5-4-6-11-22)30-28(24)23-12-9-17-29-18-23/h4-18,20-21H,19H2,1-3H3/b16-15+. The van der Waals surface area contributed by atoms with Crippen LogP contribution in [-0.4, -0.2) is 39.7 Å². The molecular weight excluding hydrogens is 424 g/mol. The summed E-state index contributed by atoms with van der Waals surface area (Å²) in [6, 6.07) is 21.6. The molecule has 0 spiro atoms. The van der Waals surface area contributed by atoms with E-state index in [9.17, 15) is 4.79 Å². The molecule has 172 valence electrons. The highest BCUT2D eigenvalue weighted by Crippen LogP contribution is 2.28. The minimum atomic E-state index is -0.146. The Kier molecular flexibility index (Phi) is 7.18. The fourth-order valence-electron chi connectivity index (χ4n) is 3.83. The first-order valence-electron chi connectivity index (χ1n) is 11.2. The summed E-state index contributed by atoms with van der Waals surface area (Å²) in [7, 11) is 3.44. The molecule has 0 bridgehead atoms. The zero-order chi connectivity index (χ0) is 23.9. The molecule has 2 aromatic carbocycles. The summed E-state index contributed by atoms with van der Waals surface area (Å²) in [6.45, 7) is 2.63. The highest BCUT2D eigenvalue weighted by molar-refractivity contribution is 5.93. The first-order chi connectivity index (χ1) is 16.6. The molecule has 4 aromatic rings. The quantitative estimate of drug-likeness (QED) is 0.343. The minimum absolute atomic E-state index is 0.105. The van der Waals surface area contributed by atoms with Gasteiger partial charge in [-0.1, -0.05) is 48.5 Å². The first kappa shape index (κ1) is 23.0. The van der Waals surface area contributed by atoms with Crippen molar-refractivity contribution in [2.24, 2.45) is 0 Å². The number of rotatable bonds is 8. The molecule has 0 saturated heterocycles. The summed E-state index contributed by atoms with van der Waals surface area (Å²) in [5.74, 6) is 0.658. The van der Waals surface area contributed by atoms with Crippen molar-refractivity contribution in [1.29, 1.82) is 0 Å². The monoisotopic (exact) mass is 452 g/mol. The van der Waals surface area contributed by atoms with E-state index in [-0.39, 0.29) is 11.9 Å². The molecule has 1 amide bonds. The van der Waals surface area contributed by atoms with Crippen molar-refractivity contribution in [2.45, 2.75) is 19.5 Å². The van der Waals surface area contributed by atoms with Gasteiger partial charge in [0, 0.05) is 48.4 Å². The van der Waals surface area contributed by atoms with Gasteiger partial charge >= 0.3 is 0 Å². The number of para-hydroxylation sites is 1. The van der Waals surface area contributed by atoms with Gasteiger partial charge in [-0.2, -0.15) is 5.10 Å². The fourth-order valence-corrected chi connectivity index (χ4v) is 3.83. The van der Waals surface area contributed by atoms with Crippen LogP contribution in [0.1, 0.15) is 29.7 Å². The lowest BCUT2D eigenvalue weighted by Gasteiger charge is -2.25. The molecule has 0 aliphatic carbocycles. The Morgan fingerprint density at radius 2 is 1.85 bits per heavy atom. The fraction of sp³-hybridized carbons (Fsp3) is 0.179. The number of pyridine rings is 1. The van der Waals surface area contributed by atoms with Crippen LogP contribution >= 0.6 is 0 Å². The van der Waals surface area contributed by atoms with Crippen molar-refractivity contribution in [3.63, 3.8) is 0 Å². The Morgan fingerprint density at radius 3 is 2.59 bits per heavy atom.